The molecule has 1 saturated carbocycles. The fraction of sp³-hybridized carbons (Fsp3) is 0.500. The van der Waals surface area contributed by atoms with Crippen molar-refractivity contribution < 1.29 is 4.39 Å². The summed E-state index contributed by atoms with van der Waals surface area (Å²) in [6.45, 7) is 3.39. The summed E-state index contributed by atoms with van der Waals surface area (Å²) in [5.74, 6) is 1.21. The standard InChI is InChI=1S/C16H17FN6OS/c1-9-7-23-14(20-21(2)15(23)24)19-12(9)22-6-3-10-11(8-22)25-13(18-10)16(17)4-5-16/h7H,3-6,8H2,1-2H3. The maximum absolute atomic E-state index is 14.3. The van der Waals surface area contributed by atoms with E-state index >= 15 is 0 Å². The highest BCUT2D eigenvalue weighted by Gasteiger charge is 2.48. The van der Waals surface area contributed by atoms with Crippen molar-refractivity contribution in [1.82, 2.24) is 24.1 Å². The van der Waals surface area contributed by atoms with Crippen LogP contribution in [0, 0.1) is 6.92 Å². The second-order valence-electron chi connectivity index (χ2n) is 6.85. The first-order valence-corrected chi connectivity index (χ1v) is 9.12. The molecule has 5 rings (SSSR count). The van der Waals surface area contributed by atoms with Gasteiger partial charge in [-0.15, -0.1) is 16.4 Å². The molecular formula is C16H17FN6OS. The number of fused-ring (bicyclic) bond motifs is 2. The SMILES string of the molecule is Cc1cn2c(=O)n(C)nc2nc1N1CCc2nc(C3(F)CC3)sc2C1. The molecule has 0 N–H and O–H groups in total. The third kappa shape index (κ3) is 2.21. The van der Waals surface area contributed by atoms with Gasteiger partial charge in [-0.1, -0.05) is 0 Å². The highest BCUT2D eigenvalue weighted by molar-refractivity contribution is 7.12. The van der Waals surface area contributed by atoms with Crippen molar-refractivity contribution in [2.45, 2.75) is 38.4 Å². The van der Waals surface area contributed by atoms with Gasteiger partial charge in [0.15, 0.2) is 5.67 Å². The monoisotopic (exact) mass is 360 g/mol. The van der Waals surface area contributed by atoms with Gasteiger partial charge in [0.1, 0.15) is 10.8 Å². The lowest BCUT2D eigenvalue weighted by Gasteiger charge is -2.28. The molecule has 1 aliphatic heterocycles. The van der Waals surface area contributed by atoms with Crippen LogP contribution in [0.15, 0.2) is 11.0 Å². The number of halogens is 1. The summed E-state index contributed by atoms with van der Waals surface area (Å²) in [7, 11) is 1.61. The molecule has 0 aromatic carbocycles. The molecule has 0 radical (unpaired) electrons. The number of nitrogens with zero attached hydrogens (tertiary/aromatic N) is 6. The molecule has 0 bridgehead atoms. The van der Waals surface area contributed by atoms with E-state index < -0.39 is 5.67 Å². The van der Waals surface area contributed by atoms with Gasteiger partial charge in [-0.25, -0.2) is 23.3 Å². The minimum absolute atomic E-state index is 0.206. The van der Waals surface area contributed by atoms with Crippen molar-refractivity contribution in [3.63, 3.8) is 0 Å². The Balaban J connectivity index is 1.52. The van der Waals surface area contributed by atoms with Gasteiger partial charge in [0.05, 0.1) is 12.2 Å². The first kappa shape index (κ1) is 15.0. The Labute approximate surface area is 146 Å². The molecule has 9 heteroatoms. The number of hydrogen-bond donors (Lipinski definition) is 0. The minimum atomic E-state index is -1.17. The van der Waals surface area contributed by atoms with Crippen LogP contribution in [0.3, 0.4) is 0 Å². The number of aromatic nitrogens is 5. The summed E-state index contributed by atoms with van der Waals surface area (Å²) >= 11 is 1.49. The molecule has 130 valence electrons. The average Bonchev–Trinajstić information content (AvgIpc) is 3.09. The summed E-state index contributed by atoms with van der Waals surface area (Å²) in [4.78, 5) is 24.4. The quantitative estimate of drug-likeness (QED) is 0.696. The largest absolute Gasteiger partial charge is 0.351 e. The van der Waals surface area contributed by atoms with E-state index in [4.69, 9.17) is 0 Å². The van der Waals surface area contributed by atoms with Crippen molar-refractivity contribution in [2.75, 3.05) is 11.4 Å². The van der Waals surface area contributed by atoms with E-state index in [1.54, 1.807) is 13.2 Å². The third-order valence-corrected chi connectivity index (χ3v) is 6.18. The van der Waals surface area contributed by atoms with Crippen LogP contribution in [-0.4, -0.2) is 30.7 Å². The molecule has 1 aliphatic carbocycles. The highest BCUT2D eigenvalue weighted by atomic mass is 32.1. The van der Waals surface area contributed by atoms with Crippen LogP contribution >= 0.6 is 11.3 Å². The molecule has 4 heterocycles. The van der Waals surface area contributed by atoms with Crippen LogP contribution in [0.5, 0.6) is 0 Å². The Morgan fingerprint density at radius 3 is 2.88 bits per heavy atom. The normalized spacial score (nSPS) is 18.6. The first-order chi connectivity index (χ1) is 11.9. The van der Waals surface area contributed by atoms with Crippen LogP contribution < -0.4 is 10.6 Å². The Hall–Kier alpha value is -2.29. The van der Waals surface area contributed by atoms with E-state index in [2.05, 4.69) is 20.0 Å². The predicted molar refractivity (Wildman–Crippen MR) is 91.9 cm³/mol. The molecule has 0 atom stereocenters. The average molecular weight is 360 g/mol. The number of alkyl halides is 1. The second kappa shape index (κ2) is 4.87. The Morgan fingerprint density at radius 1 is 1.32 bits per heavy atom. The van der Waals surface area contributed by atoms with Gasteiger partial charge in [0.25, 0.3) is 5.78 Å². The smallest absolute Gasteiger partial charge is 0.351 e. The van der Waals surface area contributed by atoms with Gasteiger partial charge in [0, 0.05) is 36.7 Å². The van der Waals surface area contributed by atoms with Crippen LogP contribution in [0.2, 0.25) is 0 Å². The summed E-state index contributed by atoms with van der Waals surface area (Å²) < 4.78 is 17.0. The molecule has 25 heavy (non-hydrogen) atoms. The van der Waals surface area contributed by atoms with E-state index in [1.165, 1.54) is 20.4 Å². The molecule has 1 fully saturated rings. The Morgan fingerprint density at radius 2 is 2.12 bits per heavy atom. The molecule has 0 spiro atoms. The maximum atomic E-state index is 14.3. The van der Waals surface area contributed by atoms with Gasteiger partial charge >= 0.3 is 5.69 Å². The molecule has 0 saturated heterocycles. The summed E-state index contributed by atoms with van der Waals surface area (Å²) in [6, 6.07) is 0. The fourth-order valence-electron chi connectivity index (χ4n) is 3.30. The van der Waals surface area contributed by atoms with Crippen LogP contribution in [-0.2, 0) is 25.7 Å². The number of anilines is 1. The van der Waals surface area contributed by atoms with Crippen LogP contribution in [0.1, 0.15) is 34.0 Å². The summed E-state index contributed by atoms with van der Waals surface area (Å²) in [5.41, 5.74) is 0.561. The Kier molecular flexibility index (Phi) is 2.92. The van der Waals surface area contributed by atoms with Gasteiger partial charge in [-0.2, -0.15) is 4.98 Å². The van der Waals surface area contributed by atoms with Gasteiger partial charge in [-0.3, -0.25) is 0 Å². The molecular weight excluding hydrogens is 343 g/mol. The summed E-state index contributed by atoms with van der Waals surface area (Å²) in [5, 5.41) is 4.80. The number of thiazole rings is 1. The lowest BCUT2D eigenvalue weighted by molar-refractivity contribution is 0.316. The van der Waals surface area contributed by atoms with Crippen LogP contribution in [0.25, 0.3) is 5.78 Å². The zero-order chi connectivity index (χ0) is 17.3. The maximum Gasteiger partial charge on any atom is 0.351 e. The van der Waals surface area contributed by atoms with Crippen molar-refractivity contribution >= 4 is 22.9 Å². The van der Waals surface area contributed by atoms with E-state index in [9.17, 15) is 9.18 Å². The predicted octanol–water partition coefficient (Wildman–Crippen LogP) is 1.71. The van der Waals surface area contributed by atoms with E-state index in [0.717, 1.165) is 34.9 Å². The third-order valence-electron chi connectivity index (χ3n) is 4.92. The van der Waals surface area contributed by atoms with Gasteiger partial charge < -0.3 is 4.90 Å². The molecule has 3 aromatic heterocycles. The minimum Gasteiger partial charge on any atom is -0.351 e. The number of aryl methyl sites for hydroxylation is 2. The van der Waals surface area contributed by atoms with Crippen molar-refractivity contribution in [1.29, 1.82) is 0 Å². The molecule has 0 unspecified atom stereocenters. The molecule has 2 aliphatic rings. The molecule has 0 amide bonds. The van der Waals surface area contributed by atoms with Gasteiger partial charge in [-0.05, 0) is 19.8 Å². The Bertz CT molecular complexity index is 1060. The molecule has 7 nitrogen and oxygen atoms in total. The van der Waals surface area contributed by atoms with Crippen LogP contribution in [0.4, 0.5) is 10.2 Å². The zero-order valence-electron chi connectivity index (χ0n) is 14.0. The van der Waals surface area contributed by atoms with Crippen molar-refractivity contribution in [2.24, 2.45) is 7.05 Å². The number of rotatable bonds is 2. The second-order valence-corrected chi connectivity index (χ2v) is 7.93. The zero-order valence-corrected chi connectivity index (χ0v) is 14.8. The fourth-order valence-corrected chi connectivity index (χ4v) is 4.56. The number of hydrogen-bond acceptors (Lipinski definition) is 6. The summed E-state index contributed by atoms with van der Waals surface area (Å²) in [6.07, 6.45) is 3.74. The van der Waals surface area contributed by atoms with E-state index in [-0.39, 0.29) is 5.69 Å². The molecule has 3 aromatic rings. The highest BCUT2D eigenvalue weighted by Crippen LogP contribution is 2.51. The van der Waals surface area contributed by atoms with E-state index in [0.29, 0.717) is 30.2 Å². The lowest BCUT2D eigenvalue weighted by atomic mass is 10.1. The van der Waals surface area contributed by atoms with Gasteiger partial charge in [0.2, 0.25) is 0 Å². The lowest BCUT2D eigenvalue weighted by Crippen LogP contribution is -2.31. The van der Waals surface area contributed by atoms with Crippen molar-refractivity contribution in [3.8, 4) is 0 Å². The van der Waals surface area contributed by atoms with E-state index in [1.807, 2.05) is 6.92 Å². The topological polar surface area (TPSA) is 68.3 Å². The van der Waals surface area contributed by atoms with Crippen molar-refractivity contribution in [3.05, 3.63) is 37.8 Å². The first-order valence-electron chi connectivity index (χ1n) is 8.30.